The average molecular weight is 300 g/mol. The minimum absolute atomic E-state index is 0.00697. The first-order chi connectivity index (χ1) is 8.08. The van der Waals surface area contributed by atoms with E-state index in [1.807, 2.05) is 25.1 Å². The highest BCUT2D eigenvalue weighted by Crippen LogP contribution is 2.22. The first kappa shape index (κ1) is 12.6. The molecule has 0 bridgehead atoms. The summed E-state index contributed by atoms with van der Waals surface area (Å²) in [6.07, 6.45) is 0.157. The molecule has 1 heterocycles. The number of likely N-dealkylation sites (tertiary alicyclic amines) is 1. The number of benzene rings is 1. The molecule has 0 spiro atoms. The lowest BCUT2D eigenvalue weighted by Crippen LogP contribution is -2.39. The van der Waals surface area contributed by atoms with Crippen LogP contribution < -0.4 is 0 Å². The number of amides is 1. The second kappa shape index (κ2) is 5.17. The standard InChI is InChI=1S/C13H15BrFNO/c1-9-2-3-12(14)11(8-9)13(17)16-6-4-10(15)5-7-16/h2-3,8,10H,4-7H2,1H3. The largest absolute Gasteiger partial charge is 0.338 e. The highest BCUT2D eigenvalue weighted by atomic mass is 79.9. The summed E-state index contributed by atoms with van der Waals surface area (Å²) in [6, 6.07) is 5.70. The number of nitrogens with zero attached hydrogens (tertiary/aromatic N) is 1. The van der Waals surface area contributed by atoms with Crippen molar-refractivity contribution in [3.63, 3.8) is 0 Å². The van der Waals surface area contributed by atoms with Crippen molar-refractivity contribution in [1.82, 2.24) is 4.90 Å². The predicted octanol–water partition coefficient (Wildman–Crippen LogP) is 3.33. The summed E-state index contributed by atoms with van der Waals surface area (Å²) in [5.41, 5.74) is 1.72. The Kier molecular flexibility index (Phi) is 3.82. The summed E-state index contributed by atoms with van der Waals surface area (Å²) in [4.78, 5) is 14.0. The molecule has 17 heavy (non-hydrogen) atoms. The van der Waals surface area contributed by atoms with E-state index in [1.54, 1.807) is 4.90 Å². The van der Waals surface area contributed by atoms with Gasteiger partial charge in [-0.2, -0.15) is 0 Å². The maximum absolute atomic E-state index is 13.0. The number of carbonyl (C=O) groups excluding carboxylic acids is 1. The van der Waals surface area contributed by atoms with Gasteiger partial charge in [-0.25, -0.2) is 4.39 Å². The number of alkyl halides is 1. The number of aryl methyl sites for hydroxylation is 1. The molecule has 1 fully saturated rings. The predicted molar refractivity (Wildman–Crippen MR) is 68.9 cm³/mol. The van der Waals surface area contributed by atoms with E-state index in [-0.39, 0.29) is 5.91 Å². The van der Waals surface area contributed by atoms with Gasteiger partial charge in [-0.1, -0.05) is 11.6 Å². The van der Waals surface area contributed by atoms with Crippen molar-refractivity contribution in [2.24, 2.45) is 0 Å². The van der Waals surface area contributed by atoms with E-state index in [0.29, 0.717) is 31.5 Å². The fraction of sp³-hybridized carbons (Fsp3) is 0.462. The van der Waals surface area contributed by atoms with Crippen LogP contribution in [0.5, 0.6) is 0 Å². The number of rotatable bonds is 1. The van der Waals surface area contributed by atoms with E-state index in [4.69, 9.17) is 0 Å². The van der Waals surface area contributed by atoms with Crippen molar-refractivity contribution < 1.29 is 9.18 Å². The van der Waals surface area contributed by atoms with Gasteiger partial charge >= 0.3 is 0 Å². The molecule has 0 aromatic heterocycles. The molecule has 4 heteroatoms. The van der Waals surface area contributed by atoms with Crippen LogP contribution in [-0.4, -0.2) is 30.1 Å². The molecule has 0 unspecified atom stereocenters. The number of halogens is 2. The van der Waals surface area contributed by atoms with Crippen LogP contribution in [0.3, 0.4) is 0 Å². The van der Waals surface area contributed by atoms with Crippen molar-refractivity contribution in [3.05, 3.63) is 33.8 Å². The first-order valence-corrected chi connectivity index (χ1v) is 6.56. The molecular formula is C13H15BrFNO. The van der Waals surface area contributed by atoms with Gasteiger partial charge in [0.25, 0.3) is 5.91 Å². The van der Waals surface area contributed by atoms with Crippen LogP contribution in [0.2, 0.25) is 0 Å². The topological polar surface area (TPSA) is 20.3 Å². The van der Waals surface area contributed by atoms with Gasteiger partial charge in [0.15, 0.2) is 0 Å². The highest BCUT2D eigenvalue weighted by molar-refractivity contribution is 9.10. The molecule has 1 aliphatic rings. The van der Waals surface area contributed by atoms with E-state index in [9.17, 15) is 9.18 Å². The van der Waals surface area contributed by atoms with Crippen LogP contribution in [0.4, 0.5) is 4.39 Å². The third-order valence-electron chi connectivity index (χ3n) is 3.06. The zero-order chi connectivity index (χ0) is 12.4. The van der Waals surface area contributed by atoms with Crippen molar-refractivity contribution in [2.75, 3.05) is 13.1 Å². The molecule has 0 aliphatic carbocycles. The number of hydrogen-bond donors (Lipinski definition) is 0. The van der Waals surface area contributed by atoms with Gasteiger partial charge in [0.05, 0.1) is 5.56 Å². The smallest absolute Gasteiger partial charge is 0.255 e. The van der Waals surface area contributed by atoms with E-state index in [2.05, 4.69) is 15.9 Å². The van der Waals surface area contributed by atoms with Gasteiger partial charge in [0, 0.05) is 17.6 Å². The third kappa shape index (κ3) is 2.86. The fourth-order valence-corrected chi connectivity index (χ4v) is 2.44. The van der Waals surface area contributed by atoms with Gasteiger partial charge in [-0.05, 0) is 47.8 Å². The van der Waals surface area contributed by atoms with Gasteiger partial charge in [-0.15, -0.1) is 0 Å². The molecule has 1 saturated heterocycles. The van der Waals surface area contributed by atoms with Crippen LogP contribution in [0.25, 0.3) is 0 Å². The van der Waals surface area contributed by atoms with Crippen LogP contribution in [-0.2, 0) is 0 Å². The minimum Gasteiger partial charge on any atom is -0.338 e. The second-order valence-electron chi connectivity index (χ2n) is 4.45. The summed E-state index contributed by atoms with van der Waals surface area (Å²) < 4.78 is 13.8. The lowest BCUT2D eigenvalue weighted by atomic mass is 10.1. The number of carbonyl (C=O) groups is 1. The Morgan fingerprint density at radius 2 is 2.06 bits per heavy atom. The van der Waals surface area contributed by atoms with E-state index < -0.39 is 6.17 Å². The average Bonchev–Trinajstić information content (AvgIpc) is 2.32. The molecule has 92 valence electrons. The Bertz CT molecular complexity index is 427. The molecule has 1 aromatic carbocycles. The van der Waals surface area contributed by atoms with Crippen LogP contribution in [0.15, 0.2) is 22.7 Å². The van der Waals surface area contributed by atoms with E-state index >= 15 is 0 Å². The van der Waals surface area contributed by atoms with Crippen LogP contribution >= 0.6 is 15.9 Å². The molecule has 0 N–H and O–H groups in total. The normalized spacial score (nSPS) is 17.2. The summed E-state index contributed by atoms with van der Waals surface area (Å²) in [7, 11) is 0. The first-order valence-electron chi connectivity index (χ1n) is 5.77. The summed E-state index contributed by atoms with van der Waals surface area (Å²) in [5, 5.41) is 0. The van der Waals surface area contributed by atoms with Gasteiger partial charge < -0.3 is 4.90 Å². The number of piperidine rings is 1. The Hall–Kier alpha value is -0.900. The fourth-order valence-electron chi connectivity index (χ4n) is 2.02. The Balaban J connectivity index is 2.16. The van der Waals surface area contributed by atoms with Gasteiger partial charge in [-0.3, -0.25) is 4.79 Å². The second-order valence-corrected chi connectivity index (χ2v) is 5.30. The SMILES string of the molecule is Cc1ccc(Br)c(C(=O)N2CCC(F)CC2)c1. The molecule has 0 atom stereocenters. The van der Waals surface area contributed by atoms with E-state index in [1.165, 1.54) is 0 Å². The van der Waals surface area contributed by atoms with Crippen molar-refractivity contribution in [3.8, 4) is 0 Å². The van der Waals surface area contributed by atoms with Crippen LogP contribution in [0.1, 0.15) is 28.8 Å². The lowest BCUT2D eigenvalue weighted by Gasteiger charge is -2.29. The molecule has 0 radical (unpaired) electrons. The Morgan fingerprint density at radius 3 is 2.71 bits per heavy atom. The maximum atomic E-state index is 13.0. The molecule has 2 nitrogen and oxygen atoms in total. The zero-order valence-electron chi connectivity index (χ0n) is 9.75. The number of hydrogen-bond acceptors (Lipinski definition) is 1. The van der Waals surface area contributed by atoms with Crippen molar-refractivity contribution >= 4 is 21.8 Å². The summed E-state index contributed by atoms with van der Waals surface area (Å²) in [6.45, 7) is 2.98. The summed E-state index contributed by atoms with van der Waals surface area (Å²) >= 11 is 3.39. The van der Waals surface area contributed by atoms with E-state index in [0.717, 1.165) is 10.0 Å². The molecule has 1 amide bonds. The molecular weight excluding hydrogens is 285 g/mol. The Morgan fingerprint density at radius 1 is 1.41 bits per heavy atom. The monoisotopic (exact) mass is 299 g/mol. The molecule has 2 rings (SSSR count). The molecule has 1 aromatic rings. The highest BCUT2D eigenvalue weighted by Gasteiger charge is 2.24. The quantitative estimate of drug-likeness (QED) is 0.779. The molecule has 0 saturated carbocycles. The van der Waals surface area contributed by atoms with Crippen molar-refractivity contribution in [1.29, 1.82) is 0 Å². The summed E-state index contributed by atoms with van der Waals surface area (Å²) in [5.74, 6) is -0.00697. The Labute approximate surface area is 109 Å². The van der Waals surface area contributed by atoms with Crippen molar-refractivity contribution in [2.45, 2.75) is 25.9 Å². The third-order valence-corrected chi connectivity index (χ3v) is 3.76. The maximum Gasteiger partial charge on any atom is 0.255 e. The lowest BCUT2D eigenvalue weighted by molar-refractivity contribution is 0.0666. The van der Waals surface area contributed by atoms with Gasteiger partial charge in [0.2, 0.25) is 0 Å². The minimum atomic E-state index is -0.750. The molecule has 1 aliphatic heterocycles. The van der Waals surface area contributed by atoms with Gasteiger partial charge in [0.1, 0.15) is 6.17 Å². The zero-order valence-corrected chi connectivity index (χ0v) is 11.3. The van der Waals surface area contributed by atoms with Crippen LogP contribution in [0, 0.1) is 6.92 Å².